The molecule has 2 fully saturated rings. The highest BCUT2D eigenvalue weighted by Crippen LogP contribution is 2.39. The number of aliphatic hydroxyl groups is 2. The van der Waals surface area contributed by atoms with E-state index in [-0.39, 0.29) is 24.7 Å². The van der Waals surface area contributed by atoms with Crippen LogP contribution >= 0.6 is 0 Å². The van der Waals surface area contributed by atoms with Gasteiger partial charge in [-0.15, -0.1) is 0 Å². The number of hydrogen-bond acceptors (Lipinski definition) is 6. The van der Waals surface area contributed by atoms with Gasteiger partial charge >= 0.3 is 6.18 Å². The van der Waals surface area contributed by atoms with Gasteiger partial charge in [-0.1, -0.05) is 0 Å². The lowest BCUT2D eigenvalue weighted by Gasteiger charge is -2.25. The number of hydrogen-bond donors (Lipinski definition) is 2. The van der Waals surface area contributed by atoms with Gasteiger partial charge in [-0.25, -0.2) is 4.98 Å². The number of anilines is 2. The minimum atomic E-state index is -4.70. The van der Waals surface area contributed by atoms with Gasteiger partial charge in [0.1, 0.15) is 23.3 Å². The van der Waals surface area contributed by atoms with Crippen molar-refractivity contribution in [1.29, 1.82) is 5.26 Å². The molecule has 2 aliphatic rings. The molecule has 0 amide bonds. The zero-order valence-electron chi connectivity index (χ0n) is 13.7. The number of alkyl halides is 3. The number of aliphatic hydroxyl groups excluding tert-OH is 1. The van der Waals surface area contributed by atoms with Gasteiger partial charge in [0, 0.05) is 26.2 Å². The van der Waals surface area contributed by atoms with Gasteiger partial charge < -0.3 is 20.0 Å². The van der Waals surface area contributed by atoms with E-state index in [4.69, 9.17) is 0 Å². The van der Waals surface area contributed by atoms with Crippen molar-refractivity contribution >= 4 is 11.6 Å². The summed E-state index contributed by atoms with van der Waals surface area (Å²) >= 11 is 0. The van der Waals surface area contributed by atoms with E-state index in [1.807, 2.05) is 0 Å². The van der Waals surface area contributed by atoms with Crippen LogP contribution in [-0.4, -0.2) is 53.1 Å². The normalized spacial score (nSPS) is 27.0. The molecule has 136 valence electrons. The first-order valence-corrected chi connectivity index (χ1v) is 8.03. The van der Waals surface area contributed by atoms with E-state index in [0.29, 0.717) is 25.9 Å². The first-order valence-electron chi connectivity index (χ1n) is 8.03. The Morgan fingerprint density at radius 2 is 2.08 bits per heavy atom. The molecule has 6 nitrogen and oxygen atoms in total. The van der Waals surface area contributed by atoms with Crippen LogP contribution in [0.15, 0.2) is 6.07 Å². The van der Waals surface area contributed by atoms with Gasteiger partial charge in [-0.05, 0) is 25.8 Å². The Kier molecular flexibility index (Phi) is 4.29. The first-order chi connectivity index (χ1) is 11.6. The molecule has 9 heteroatoms. The number of pyridine rings is 1. The summed E-state index contributed by atoms with van der Waals surface area (Å²) in [6, 6.07) is 2.50. The number of aromatic nitrogens is 1. The average molecular weight is 356 g/mol. The third-order valence-corrected chi connectivity index (χ3v) is 4.64. The van der Waals surface area contributed by atoms with Crippen LogP contribution in [0.4, 0.5) is 24.8 Å². The van der Waals surface area contributed by atoms with Crippen LogP contribution in [0.5, 0.6) is 0 Å². The molecule has 2 saturated heterocycles. The quantitative estimate of drug-likeness (QED) is 0.836. The van der Waals surface area contributed by atoms with Gasteiger partial charge in [0.25, 0.3) is 0 Å². The first kappa shape index (κ1) is 17.8. The Hall–Kier alpha value is -2.05. The standard InChI is InChI=1S/C16H19F3N4O2/c1-15(25)3-5-23(9-15)14-11(7-20)12(16(17,18)19)6-13(21-14)22-4-2-10(24)8-22/h6,10,24-25H,2-5,8-9H2,1H3/t10-,15+/m1/s1. The van der Waals surface area contributed by atoms with E-state index in [2.05, 4.69) is 4.98 Å². The van der Waals surface area contributed by atoms with Crippen molar-refractivity contribution in [3.8, 4) is 6.07 Å². The van der Waals surface area contributed by atoms with Gasteiger partial charge in [-0.2, -0.15) is 18.4 Å². The van der Waals surface area contributed by atoms with Crippen molar-refractivity contribution in [3.63, 3.8) is 0 Å². The molecule has 0 aliphatic carbocycles. The molecule has 2 atom stereocenters. The zero-order chi connectivity index (χ0) is 18.4. The summed E-state index contributed by atoms with van der Waals surface area (Å²) in [7, 11) is 0. The predicted octanol–water partition coefficient (Wildman–Crippen LogP) is 1.50. The molecule has 1 aromatic heterocycles. The summed E-state index contributed by atoms with van der Waals surface area (Å²) in [6.45, 7) is 2.63. The molecular formula is C16H19F3N4O2. The summed E-state index contributed by atoms with van der Waals surface area (Å²) in [4.78, 5) is 7.39. The SMILES string of the molecule is C[C@]1(O)CCN(c2nc(N3CC[C@@H](O)C3)cc(C(F)(F)F)c2C#N)C1. The highest BCUT2D eigenvalue weighted by Gasteiger charge is 2.40. The van der Waals surface area contributed by atoms with Gasteiger partial charge in [0.2, 0.25) is 0 Å². The summed E-state index contributed by atoms with van der Waals surface area (Å²) in [6.07, 6.45) is -4.47. The Morgan fingerprint density at radius 3 is 2.56 bits per heavy atom. The predicted molar refractivity (Wildman–Crippen MR) is 84.2 cm³/mol. The molecule has 3 heterocycles. The average Bonchev–Trinajstić information content (AvgIpc) is 3.10. The molecule has 0 spiro atoms. The molecule has 0 radical (unpaired) electrons. The summed E-state index contributed by atoms with van der Waals surface area (Å²) in [5.41, 5.74) is -2.61. The number of halogens is 3. The van der Waals surface area contributed by atoms with E-state index in [0.717, 1.165) is 6.07 Å². The maximum absolute atomic E-state index is 13.5. The Balaban J connectivity index is 2.10. The van der Waals surface area contributed by atoms with Crippen molar-refractivity contribution in [1.82, 2.24) is 4.98 Å². The Labute approximate surface area is 143 Å². The van der Waals surface area contributed by atoms with Crippen LogP contribution in [0.2, 0.25) is 0 Å². The molecule has 0 saturated carbocycles. The molecular weight excluding hydrogens is 337 g/mol. The summed E-state index contributed by atoms with van der Waals surface area (Å²) in [5.74, 6) is 0.0240. The minimum Gasteiger partial charge on any atom is -0.391 e. The van der Waals surface area contributed by atoms with Crippen molar-refractivity contribution < 1.29 is 23.4 Å². The van der Waals surface area contributed by atoms with Crippen molar-refractivity contribution in [2.45, 2.75) is 37.6 Å². The second kappa shape index (κ2) is 6.04. The number of rotatable bonds is 2. The van der Waals surface area contributed by atoms with E-state index in [9.17, 15) is 28.6 Å². The highest BCUT2D eigenvalue weighted by molar-refractivity contribution is 5.64. The lowest BCUT2D eigenvalue weighted by atomic mass is 10.1. The molecule has 2 N–H and O–H groups in total. The van der Waals surface area contributed by atoms with Crippen LogP contribution in [0.1, 0.15) is 30.9 Å². The van der Waals surface area contributed by atoms with Crippen LogP contribution in [0, 0.1) is 11.3 Å². The number of nitriles is 1. The Morgan fingerprint density at radius 1 is 1.36 bits per heavy atom. The zero-order valence-corrected chi connectivity index (χ0v) is 13.7. The second-order valence-corrected chi connectivity index (χ2v) is 6.89. The number of β-amino-alcohol motifs (C(OH)–C–C–N with tert-alkyl or cyclic N) is 2. The van der Waals surface area contributed by atoms with Crippen LogP contribution in [0.25, 0.3) is 0 Å². The fourth-order valence-corrected chi connectivity index (χ4v) is 3.32. The van der Waals surface area contributed by atoms with Crippen LogP contribution in [-0.2, 0) is 6.18 Å². The maximum Gasteiger partial charge on any atom is 0.417 e. The van der Waals surface area contributed by atoms with Crippen molar-refractivity contribution in [3.05, 3.63) is 17.2 Å². The smallest absolute Gasteiger partial charge is 0.391 e. The topological polar surface area (TPSA) is 83.6 Å². The monoisotopic (exact) mass is 356 g/mol. The molecule has 3 rings (SSSR count). The second-order valence-electron chi connectivity index (χ2n) is 6.89. The van der Waals surface area contributed by atoms with E-state index in [1.165, 1.54) is 4.90 Å². The molecule has 25 heavy (non-hydrogen) atoms. The van der Waals surface area contributed by atoms with E-state index < -0.39 is 29.0 Å². The lowest BCUT2D eigenvalue weighted by molar-refractivity contribution is -0.137. The number of nitrogens with zero attached hydrogens (tertiary/aromatic N) is 4. The van der Waals surface area contributed by atoms with Crippen molar-refractivity contribution in [2.24, 2.45) is 0 Å². The fraction of sp³-hybridized carbons (Fsp3) is 0.625. The van der Waals surface area contributed by atoms with E-state index >= 15 is 0 Å². The maximum atomic E-state index is 13.5. The molecule has 0 aromatic carbocycles. The molecule has 1 aromatic rings. The Bertz CT molecular complexity index is 715. The molecule has 0 unspecified atom stereocenters. The molecule has 0 bridgehead atoms. The highest BCUT2D eigenvalue weighted by atomic mass is 19.4. The summed E-state index contributed by atoms with van der Waals surface area (Å²) in [5, 5.41) is 29.1. The molecule has 2 aliphatic heterocycles. The minimum absolute atomic E-state index is 0.0634. The van der Waals surface area contributed by atoms with Crippen LogP contribution < -0.4 is 9.80 Å². The summed E-state index contributed by atoms with van der Waals surface area (Å²) < 4.78 is 40.4. The lowest BCUT2D eigenvalue weighted by Crippen LogP contribution is -2.31. The van der Waals surface area contributed by atoms with Gasteiger partial charge in [0.15, 0.2) is 0 Å². The third-order valence-electron chi connectivity index (χ3n) is 4.64. The van der Waals surface area contributed by atoms with Crippen molar-refractivity contribution in [2.75, 3.05) is 36.0 Å². The van der Waals surface area contributed by atoms with E-state index in [1.54, 1.807) is 17.9 Å². The third kappa shape index (κ3) is 3.50. The van der Waals surface area contributed by atoms with Gasteiger partial charge in [0.05, 0.1) is 17.3 Å². The van der Waals surface area contributed by atoms with Crippen LogP contribution in [0.3, 0.4) is 0 Å². The van der Waals surface area contributed by atoms with Gasteiger partial charge in [-0.3, -0.25) is 0 Å². The fourth-order valence-electron chi connectivity index (χ4n) is 3.32. The largest absolute Gasteiger partial charge is 0.417 e.